The highest BCUT2D eigenvalue weighted by molar-refractivity contribution is 5.21. The minimum absolute atomic E-state index is 0.216. The van der Waals surface area contributed by atoms with Crippen LogP contribution in [0.4, 0.5) is 4.39 Å². The van der Waals surface area contributed by atoms with Crippen molar-refractivity contribution < 1.29 is 4.39 Å². The van der Waals surface area contributed by atoms with E-state index in [2.05, 4.69) is 0 Å². The molecule has 0 bridgehead atoms. The molecule has 1 aromatic rings. The van der Waals surface area contributed by atoms with Crippen LogP contribution in [-0.2, 0) is 0 Å². The fourth-order valence-electron chi connectivity index (χ4n) is 1.11. The standard InChI is InChI=1S/C10H11FN2/c1-8(13(2)7-12)9-5-3-4-6-10(9)11/h3-6,8H,1-2H3. The molecule has 0 aliphatic heterocycles. The van der Waals surface area contributed by atoms with Gasteiger partial charge in [0, 0.05) is 12.6 Å². The Morgan fingerprint density at radius 2 is 2.08 bits per heavy atom. The van der Waals surface area contributed by atoms with Crippen LogP contribution in [-0.4, -0.2) is 11.9 Å². The van der Waals surface area contributed by atoms with Crippen LogP contribution >= 0.6 is 0 Å². The number of hydrogen-bond acceptors (Lipinski definition) is 2. The summed E-state index contributed by atoms with van der Waals surface area (Å²) in [6.07, 6.45) is 1.96. The van der Waals surface area contributed by atoms with Gasteiger partial charge in [0.15, 0.2) is 6.19 Å². The van der Waals surface area contributed by atoms with Gasteiger partial charge in [0.2, 0.25) is 0 Å². The first-order valence-corrected chi connectivity index (χ1v) is 4.03. The molecule has 13 heavy (non-hydrogen) atoms. The van der Waals surface area contributed by atoms with E-state index in [4.69, 9.17) is 5.26 Å². The maximum absolute atomic E-state index is 13.2. The highest BCUT2D eigenvalue weighted by Crippen LogP contribution is 2.20. The molecule has 0 heterocycles. The Bertz CT molecular complexity index is 330. The zero-order valence-corrected chi connectivity index (χ0v) is 7.66. The second-order valence-corrected chi connectivity index (χ2v) is 2.91. The van der Waals surface area contributed by atoms with Crippen LogP contribution < -0.4 is 0 Å². The molecule has 1 atom stereocenters. The Balaban J connectivity index is 2.96. The largest absolute Gasteiger partial charge is 0.306 e. The molecule has 0 fully saturated rings. The summed E-state index contributed by atoms with van der Waals surface area (Å²) < 4.78 is 13.2. The Morgan fingerprint density at radius 3 is 2.62 bits per heavy atom. The van der Waals surface area contributed by atoms with Gasteiger partial charge in [-0.3, -0.25) is 0 Å². The van der Waals surface area contributed by atoms with E-state index in [1.54, 1.807) is 32.2 Å². The Hall–Kier alpha value is -1.56. The summed E-state index contributed by atoms with van der Waals surface area (Å²) in [5.41, 5.74) is 0.548. The maximum Gasteiger partial charge on any atom is 0.179 e. The summed E-state index contributed by atoms with van der Waals surface area (Å²) in [5, 5.41) is 8.61. The zero-order chi connectivity index (χ0) is 9.84. The van der Waals surface area contributed by atoms with Gasteiger partial charge < -0.3 is 4.90 Å². The summed E-state index contributed by atoms with van der Waals surface area (Å²) in [5.74, 6) is -0.267. The molecule has 0 spiro atoms. The average Bonchev–Trinajstić information content (AvgIpc) is 2.16. The number of benzene rings is 1. The van der Waals surface area contributed by atoms with Gasteiger partial charge >= 0.3 is 0 Å². The first kappa shape index (κ1) is 9.53. The molecule has 1 unspecified atom stereocenters. The predicted octanol–water partition coefficient (Wildman–Crippen LogP) is 2.30. The third kappa shape index (κ3) is 1.97. The Morgan fingerprint density at radius 1 is 1.46 bits per heavy atom. The number of nitrogens with zero attached hydrogens (tertiary/aromatic N) is 2. The van der Waals surface area contributed by atoms with Gasteiger partial charge in [0.1, 0.15) is 5.82 Å². The van der Waals surface area contributed by atoms with Crippen LogP contribution in [0.15, 0.2) is 24.3 Å². The van der Waals surface area contributed by atoms with E-state index in [0.717, 1.165) is 0 Å². The second kappa shape index (κ2) is 3.90. The number of rotatable bonds is 2. The molecule has 0 N–H and O–H groups in total. The van der Waals surface area contributed by atoms with Gasteiger partial charge in [0.05, 0.1) is 6.04 Å². The summed E-state index contributed by atoms with van der Waals surface area (Å²) in [6, 6.07) is 6.27. The molecule has 0 amide bonds. The lowest BCUT2D eigenvalue weighted by Crippen LogP contribution is -2.17. The quantitative estimate of drug-likeness (QED) is 0.513. The van der Waals surface area contributed by atoms with Crippen LogP contribution in [0.3, 0.4) is 0 Å². The second-order valence-electron chi connectivity index (χ2n) is 2.91. The number of hydrogen-bond donors (Lipinski definition) is 0. The van der Waals surface area contributed by atoms with E-state index in [9.17, 15) is 4.39 Å². The third-order valence-electron chi connectivity index (χ3n) is 2.09. The summed E-state index contributed by atoms with van der Waals surface area (Å²) in [6.45, 7) is 1.79. The van der Waals surface area contributed by atoms with Crippen molar-refractivity contribution in [1.82, 2.24) is 4.90 Å². The molecule has 1 aromatic carbocycles. The number of nitriles is 1. The normalized spacial score (nSPS) is 11.8. The van der Waals surface area contributed by atoms with E-state index in [0.29, 0.717) is 5.56 Å². The molecule has 0 aliphatic carbocycles. The van der Waals surface area contributed by atoms with Crippen molar-refractivity contribution in [2.45, 2.75) is 13.0 Å². The molecule has 3 heteroatoms. The lowest BCUT2D eigenvalue weighted by Gasteiger charge is -2.19. The minimum atomic E-state index is -0.267. The molecule has 0 aliphatic rings. The molecular weight excluding hydrogens is 167 g/mol. The summed E-state index contributed by atoms with van der Waals surface area (Å²) in [4.78, 5) is 1.42. The maximum atomic E-state index is 13.2. The van der Waals surface area contributed by atoms with Gasteiger partial charge in [-0.25, -0.2) is 4.39 Å². The molecule has 0 aromatic heterocycles. The highest BCUT2D eigenvalue weighted by atomic mass is 19.1. The zero-order valence-electron chi connectivity index (χ0n) is 7.66. The van der Waals surface area contributed by atoms with Crippen molar-refractivity contribution >= 4 is 0 Å². The molecule has 2 nitrogen and oxygen atoms in total. The third-order valence-corrected chi connectivity index (χ3v) is 2.09. The van der Waals surface area contributed by atoms with Gasteiger partial charge in [-0.15, -0.1) is 0 Å². The Kier molecular flexibility index (Phi) is 2.86. The monoisotopic (exact) mass is 178 g/mol. The van der Waals surface area contributed by atoms with Gasteiger partial charge in [0.25, 0.3) is 0 Å². The predicted molar refractivity (Wildman–Crippen MR) is 48.2 cm³/mol. The van der Waals surface area contributed by atoms with E-state index in [1.807, 2.05) is 6.19 Å². The lowest BCUT2D eigenvalue weighted by atomic mass is 10.1. The smallest absolute Gasteiger partial charge is 0.179 e. The molecular formula is C10H11FN2. The van der Waals surface area contributed by atoms with E-state index >= 15 is 0 Å². The molecule has 1 rings (SSSR count). The highest BCUT2D eigenvalue weighted by Gasteiger charge is 2.13. The lowest BCUT2D eigenvalue weighted by molar-refractivity contribution is 0.365. The molecule has 0 saturated carbocycles. The van der Waals surface area contributed by atoms with Crippen LogP contribution in [0.5, 0.6) is 0 Å². The Labute approximate surface area is 77.2 Å². The van der Waals surface area contributed by atoms with Crippen molar-refractivity contribution in [2.75, 3.05) is 7.05 Å². The van der Waals surface area contributed by atoms with Crippen molar-refractivity contribution in [3.05, 3.63) is 35.6 Å². The minimum Gasteiger partial charge on any atom is -0.306 e. The van der Waals surface area contributed by atoms with E-state index < -0.39 is 0 Å². The van der Waals surface area contributed by atoms with E-state index in [1.165, 1.54) is 11.0 Å². The van der Waals surface area contributed by atoms with Crippen LogP contribution in [0.2, 0.25) is 0 Å². The van der Waals surface area contributed by atoms with Crippen molar-refractivity contribution in [1.29, 1.82) is 5.26 Å². The fourth-order valence-corrected chi connectivity index (χ4v) is 1.11. The van der Waals surface area contributed by atoms with Gasteiger partial charge in [-0.2, -0.15) is 5.26 Å². The average molecular weight is 178 g/mol. The number of halogens is 1. The first-order valence-electron chi connectivity index (χ1n) is 4.03. The van der Waals surface area contributed by atoms with Gasteiger partial charge in [-0.1, -0.05) is 18.2 Å². The molecule has 0 saturated heterocycles. The van der Waals surface area contributed by atoms with Crippen LogP contribution in [0, 0.1) is 17.3 Å². The SMILES string of the molecule is CC(c1ccccc1F)N(C)C#N. The summed E-state index contributed by atoms with van der Waals surface area (Å²) in [7, 11) is 1.64. The molecule has 68 valence electrons. The van der Waals surface area contributed by atoms with E-state index in [-0.39, 0.29) is 11.9 Å². The van der Waals surface area contributed by atoms with Crippen LogP contribution in [0.1, 0.15) is 18.5 Å². The van der Waals surface area contributed by atoms with Crippen molar-refractivity contribution in [2.24, 2.45) is 0 Å². The topological polar surface area (TPSA) is 27.0 Å². The molecule has 0 radical (unpaired) electrons. The van der Waals surface area contributed by atoms with Crippen molar-refractivity contribution in [3.63, 3.8) is 0 Å². The van der Waals surface area contributed by atoms with Crippen molar-refractivity contribution in [3.8, 4) is 6.19 Å². The fraction of sp³-hybridized carbons (Fsp3) is 0.300. The first-order chi connectivity index (χ1) is 6.16. The summed E-state index contributed by atoms with van der Waals surface area (Å²) >= 11 is 0. The van der Waals surface area contributed by atoms with Gasteiger partial charge in [-0.05, 0) is 13.0 Å². The van der Waals surface area contributed by atoms with Crippen LogP contribution in [0.25, 0.3) is 0 Å².